The van der Waals surface area contributed by atoms with E-state index in [0.717, 1.165) is 0 Å². The van der Waals surface area contributed by atoms with Gasteiger partial charge in [-0.1, -0.05) is 0 Å². The molecule has 78 valence electrons. The molecular formula is C12H13NO2. The summed E-state index contributed by atoms with van der Waals surface area (Å²) in [6, 6.07) is 6.70. The van der Waals surface area contributed by atoms with E-state index < -0.39 is 5.60 Å². The van der Waals surface area contributed by atoms with Crippen LogP contribution in [0.5, 0.6) is 0 Å². The molecule has 0 heterocycles. The van der Waals surface area contributed by atoms with Crippen molar-refractivity contribution < 1.29 is 9.90 Å². The summed E-state index contributed by atoms with van der Waals surface area (Å²) in [6.07, 6.45) is 0. The van der Waals surface area contributed by atoms with Gasteiger partial charge in [-0.05, 0) is 44.5 Å². The van der Waals surface area contributed by atoms with Crippen LogP contribution < -0.4 is 0 Å². The first kappa shape index (κ1) is 11.4. The van der Waals surface area contributed by atoms with Crippen LogP contribution in [0, 0.1) is 11.3 Å². The Labute approximate surface area is 89.0 Å². The number of rotatable bonds is 2. The number of nitriles is 1. The first-order valence-corrected chi connectivity index (χ1v) is 4.63. The number of hydrogen-bond donors (Lipinski definition) is 1. The van der Waals surface area contributed by atoms with Gasteiger partial charge in [0, 0.05) is 5.56 Å². The lowest BCUT2D eigenvalue weighted by molar-refractivity contribution is 0.0784. The molecule has 1 aromatic carbocycles. The third-order valence-electron chi connectivity index (χ3n) is 2.18. The highest BCUT2D eigenvalue weighted by atomic mass is 16.3. The summed E-state index contributed by atoms with van der Waals surface area (Å²) < 4.78 is 0. The van der Waals surface area contributed by atoms with Gasteiger partial charge < -0.3 is 5.11 Å². The Balaban J connectivity index is 3.38. The molecule has 3 nitrogen and oxygen atoms in total. The Bertz CT molecular complexity index is 436. The zero-order valence-corrected chi connectivity index (χ0v) is 9.03. The fourth-order valence-electron chi connectivity index (χ4n) is 1.25. The van der Waals surface area contributed by atoms with E-state index in [-0.39, 0.29) is 5.78 Å². The molecule has 0 spiro atoms. The smallest absolute Gasteiger partial charge is 0.159 e. The number of carbonyl (C=O) groups is 1. The lowest BCUT2D eigenvalue weighted by Gasteiger charge is -2.18. The number of carbonyl (C=O) groups excluding carboxylic acids is 1. The van der Waals surface area contributed by atoms with Crippen molar-refractivity contribution in [3.63, 3.8) is 0 Å². The Morgan fingerprint density at radius 1 is 1.40 bits per heavy atom. The molecule has 0 amide bonds. The van der Waals surface area contributed by atoms with Crippen molar-refractivity contribution in [3.8, 4) is 6.07 Å². The lowest BCUT2D eigenvalue weighted by atomic mass is 9.93. The van der Waals surface area contributed by atoms with E-state index in [4.69, 9.17) is 5.26 Å². The molecule has 0 unspecified atom stereocenters. The molecule has 1 aromatic rings. The lowest BCUT2D eigenvalue weighted by Crippen LogP contribution is -2.16. The average molecular weight is 203 g/mol. The summed E-state index contributed by atoms with van der Waals surface area (Å²) in [6.45, 7) is 4.67. The molecule has 0 atom stereocenters. The normalized spacial score (nSPS) is 10.9. The summed E-state index contributed by atoms with van der Waals surface area (Å²) in [7, 11) is 0. The second kappa shape index (κ2) is 3.84. The molecule has 0 fully saturated rings. The molecule has 1 N–H and O–H groups in total. The average Bonchev–Trinajstić information content (AvgIpc) is 2.15. The fraction of sp³-hybridized carbons (Fsp3) is 0.333. The number of nitrogens with zero attached hydrogens (tertiary/aromatic N) is 1. The Kier molecular flexibility index (Phi) is 2.92. The van der Waals surface area contributed by atoms with Gasteiger partial charge in [-0.3, -0.25) is 4.79 Å². The first-order valence-electron chi connectivity index (χ1n) is 4.63. The van der Waals surface area contributed by atoms with Crippen LogP contribution in [0.25, 0.3) is 0 Å². The van der Waals surface area contributed by atoms with Crippen LogP contribution in [-0.4, -0.2) is 10.9 Å². The summed E-state index contributed by atoms with van der Waals surface area (Å²) in [5.41, 5.74) is 0.370. The maximum atomic E-state index is 11.2. The minimum absolute atomic E-state index is 0.113. The minimum atomic E-state index is -1.04. The number of aliphatic hydroxyl groups is 1. The largest absolute Gasteiger partial charge is 0.386 e. The van der Waals surface area contributed by atoms with Crippen LogP contribution in [-0.2, 0) is 5.60 Å². The van der Waals surface area contributed by atoms with Crippen molar-refractivity contribution in [1.29, 1.82) is 5.26 Å². The molecule has 0 saturated heterocycles. The Morgan fingerprint density at radius 3 is 2.40 bits per heavy atom. The maximum absolute atomic E-state index is 11.2. The zero-order chi connectivity index (χ0) is 11.6. The number of ketones is 1. The first-order chi connectivity index (χ1) is 6.84. The van der Waals surface area contributed by atoms with Crippen LogP contribution in [0.15, 0.2) is 18.2 Å². The van der Waals surface area contributed by atoms with Crippen molar-refractivity contribution in [2.45, 2.75) is 26.4 Å². The summed E-state index contributed by atoms with van der Waals surface area (Å²) >= 11 is 0. The zero-order valence-electron chi connectivity index (χ0n) is 9.03. The van der Waals surface area contributed by atoms with Crippen molar-refractivity contribution >= 4 is 5.78 Å². The van der Waals surface area contributed by atoms with E-state index >= 15 is 0 Å². The van der Waals surface area contributed by atoms with Crippen LogP contribution in [0.2, 0.25) is 0 Å². The highest BCUT2D eigenvalue weighted by Crippen LogP contribution is 2.22. The SMILES string of the molecule is CC(=O)c1cc(C#N)cc(C(C)(C)O)c1. The van der Waals surface area contributed by atoms with Crippen LogP contribution in [0.4, 0.5) is 0 Å². The molecule has 1 rings (SSSR count). The number of hydrogen-bond acceptors (Lipinski definition) is 3. The van der Waals surface area contributed by atoms with E-state index in [1.807, 2.05) is 6.07 Å². The van der Waals surface area contributed by atoms with E-state index in [1.165, 1.54) is 13.0 Å². The molecular weight excluding hydrogens is 190 g/mol. The van der Waals surface area contributed by atoms with Crippen molar-refractivity contribution in [3.05, 3.63) is 34.9 Å². The molecule has 0 aliphatic carbocycles. The van der Waals surface area contributed by atoms with Gasteiger partial charge in [0.1, 0.15) is 0 Å². The van der Waals surface area contributed by atoms with Gasteiger partial charge in [0.25, 0.3) is 0 Å². The predicted octanol–water partition coefficient (Wildman–Crippen LogP) is 1.99. The van der Waals surface area contributed by atoms with Crippen LogP contribution in [0.3, 0.4) is 0 Å². The second-order valence-electron chi connectivity index (χ2n) is 4.03. The van der Waals surface area contributed by atoms with Crippen LogP contribution in [0.1, 0.15) is 42.3 Å². The fourth-order valence-corrected chi connectivity index (χ4v) is 1.25. The predicted molar refractivity (Wildman–Crippen MR) is 56.4 cm³/mol. The maximum Gasteiger partial charge on any atom is 0.159 e. The minimum Gasteiger partial charge on any atom is -0.386 e. The molecule has 0 aliphatic rings. The van der Waals surface area contributed by atoms with Gasteiger partial charge in [0.05, 0.1) is 17.2 Å². The monoisotopic (exact) mass is 203 g/mol. The van der Waals surface area contributed by atoms with E-state index in [9.17, 15) is 9.90 Å². The van der Waals surface area contributed by atoms with E-state index in [2.05, 4.69) is 0 Å². The Morgan fingerprint density at radius 2 is 2.00 bits per heavy atom. The molecule has 15 heavy (non-hydrogen) atoms. The molecule has 0 saturated carbocycles. The topological polar surface area (TPSA) is 61.1 Å². The van der Waals surface area contributed by atoms with Crippen molar-refractivity contribution in [2.24, 2.45) is 0 Å². The van der Waals surface area contributed by atoms with Gasteiger partial charge in [-0.25, -0.2) is 0 Å². The van der Waals surface area contributed by atoms with Gasteiger partial charge in [0.15, 0.2) is 5.78 Å². The van der Waals surface area contributed by atoms with Crippen molar-refractivity contribution in [2.75, 3.05) is 0 Å². The molecule has 3 heteroatoms. The quantitative estimate of drug-likeness (QED) is 0.747. The molecule has 0 bridgehead atoms. The van der Waals surface area contributed by atoms with E-state index in [0.29, 0.717) is 16.7 Å². The van der Waals surface area contributed by atoms with Gasteiger partial charge in [-0.15, -0.1) is 0 Å². The third kappa shape index (κ3) is 2.64. The third-order valence-corrected chi connectivity index (χ3v) is 2.18. The summed E-state index contributed by atoms with van der Waals surface area (Å²) in [5.74, 6) is -0.113. The number of benzene rings is 1. The van der Waals surface area contributed by atoms with Gasteiger partial charge >= 0.3 is 0 Å². The molecule has 0 aromatic heterocycles. The Hall–Kier alpha value is -1.66. The number of Topliss-reactive ketones (excluding diaryl/α,β-unsaturated/α-hetero) is 1. The van der Waals surface area contributed by atoms with Crippen molar-refractivity contribution in [1.82, 2.24) is 0 Å². The van der Waals surface area contributed by atoms with Crippen LogP contribution >= 0.6 is 0 Å². The highest BCUT2D eigenvalue weighted by molar-refractivity contribution is 5.94. The summed E-state index contributed by atoms with van der Waals surface area (Å²) in [4.78, 5) is 11.2. The highest BCUT2D eigenvalue weighted by Gasteiger charge is 2.18. The van der Waals surface area contributed by atoms with Gasteiger partial charge in [0.2, 0.25) is 0 Å². The second-order valence-corrected chi connectivity index (χ2v) is 4.03. The summed E-state index contributed by atoms with van der Waals surface area (Å²) in [5, 5.41) is 18.6. The van der Waals surface area contributed by atoms with Gasteiger partial charge in [-0.2, -0.15) is 5.26 Å². The molecule has 0 radical (unpaired) electrons. The van der Waals surface area contributed by atoms with E-state index in [1.54, 1.807) is 26.0 Å². The standard InChI is InChI=1S/C12H13NO2/c1-8(14)10-4-9(7-13)5-11(6-10)12(2,3)15/h4-6,15H,1-3H3. The molecule has 0 aliphatic heterocycles.